The zero-order valence-electron chi connectivity index (χ0n) is 12.1. The van der Waals surface area contributed by atoms with Crippen LogP contribution in [0.4, 0.5) is 0 Å². The Morgan fingerprint density at radius 1 is 1.17 bits per heavy atom. The summed E-state index contributed by atoms with van der Waals surface area (Å²) in [6, 6.07) is 11.5. The highest BCUT2D eigenvalue weighted by molar-refractivity contribution is 5.14. The highest BCUT2D eigenvalue weighted by Crippen LogP contribution is 2.38. The fourth-order valence-electron chi connectivity index (χ4n) is 3.57. The van der Waals surface area contributed by atoms with Gasteiger partial charge in [-0.25, -0.2) is 0 Å². The van der Waals surface area contributed by atoms with Crippen molar-refractivity contribution in [1.29, 1.82) is 0 Å². The molecule has 0 radical (unpaired) electrons. The van der Waals surface area contributed by atoms with Gasteiger partial charge in [0.05, 0.1) is 0 Å². The van der Waals surface area contributed by atoms with Crippen LogP contribution in [0.15, 0.2) is 30.3 Å². The molecule has 100 valence electrons. The zero-order valence-corrected chi connectivity index (χ0v) is 12.1. The minimum absolute atomic E-state index is 0.516. The first kappa shape index (κ1) is 13.6. The summed E-state index contributed by atoms with van der Waals surface area (Å²) < 4.78 is 0. The zero-order chi connectivity index (χ0) is 13.0. The van der Waals surface area contributed by atoms with Crippen molar-refractivity contribution < 1.29 is 0 Å². The molecule has 0 aromatic heterocycles. The molecule has 1 aromatic rings. The van der Waals surface area contributed by atoms with Gasteiger partial charge in [-0.05, 0) is 49.1 Å². The molecule has 0 heterocycles. The van der Waals surface area contributed by atoms with Gasteiger partial charge >= 0.3 is 0 Å². The lowest BCUT2D eigenvalue weighted by Crippen LogP contribution is -2.40. The number of hydrogen-bond donors (Lipinski definition) is 1. The highest BCUT2D eigenvalue weighted by atomic mass is 14.9. The van der Waals surface area contributed by atoms with E-state index in [9.17, 15) is 0 Å². The van der Waals surface area contributed by atoms with Crippen LogP contribution >= 0.6 is 0 Å². The second kappa shape index (κ2) is 5.88. The van der Waals surface area contributed by atoms with Crippen molar-refractivity contribution in [3.8, 4) is 0 Å². The van der Waals surface area contributed by atoms with Crippen LogP contribution in [-0.4, -0.2) is 12.6 Å². The Kier molecular flexibility index (Phi) is 4.45. The molecular formula is C17H27N. The lowest BCUT2D eigenvalue weighted by atomic mass is 9.70. The Morgan fingerprint density at radius 3 is 2.56 bits per heavy atom. The van der Waals surface area contributed by atoms with Crippen molar-refractivity contribution in [3.63, 3.8) is 0 Å². The quantitative estimate of drug-likeness (QED) is 0.844. The first-order chi connectivity index (χ1) is 8.55. The molecule has 1 nitrogen and oxygen atoms in total. The van der Waals surface area contributed by atoms with Crippen LogP contribution in [0, 0.1) is 11.3 Å². The summed E-state index contributed by atoms with van der Waals surface area (Å²) >= 11 is 0. The van der Waals surface area contributed by atoms with E-state index >= 15 is 0 Å². The summed E-state index contributed by atoms with van der Waals surface area (Å²) in [5.74, 6) is 0.864. The van der Waals surface area contributed by atoms with Gasteiger partial charge in [-0.1, -0.05) is 51.1 Å². The average molecular weight is 245 g/mol. The van der Waals surface area contributed by atoms with E-state index in [2.05, 4.69) is 56.4 Å². The number of rotatable bonds is 4. The Bertz CT molecular complexity index is 355. The molecule has 1 aromatic carbocycles. The van der Waals surface area contributed by atoms with Crippen molar-refractivity contribution in [2.24, 2.45) is 11.3 Å². The number of nitrogens with one attached hydrogen (secondary N) is 1. The number of benzene rings is 1. The predicted octanol–water partition coefficient (Wildman–Crippen LogP) is 4.03. The van der Waals surface area contributed by atoms with Crippen LogP contribution < -0.4 is 5.32 Å². The van der Waals surface area contributed by atoms with E-state index in [1.165, 1.54) is 24.8 Å². The van der Waals surface area contributed by atoms with E-state index < -0.39 is 0 Å². The maximum Gasteiger partial charge on any atom is 0.00748 e. The van der Waals surface area contributed by atoms with Gasteiger partial charge in [0.25, 0.3) is 0 Å². The summed E-state index contributed by atoms with van der Waals surface area (Å²) in [5.41, 5.74) is 1.95. The van der Waals surface area contributed by atoms with E-state index in [4.69, 9.17) is 0 Å². The van der Waals surface area contributed by atoms with Gasteiger partial charge < -0.3 is 5.32 Å². The second-order valence-electron chi connectivity index (χ2n) is 6.80. The van der Waals surface area contributed by atoms with Crippen molar-refractivity contribution in [3.05, 3.63) is 35.9 Å². The van der Waals surface area contributed by atoms with Gasteiger partial charge in [-0.2, -0.15) is 0 Å². The Hall–Kier alpha value is -0.820. The Labute approximate surface area is 112 Å². The first-order valence-electron chi connectivity index (χ1n) is 7.32. The average Bonchev–Trinajstić information content (AvgIpc) is 2.27. The molecule has 1 N–H and O–H groups in total. The molecule has 0 amide bonds. The third kappa shape index (κ3) is 4.13. The maximum absolute atomic E-state index is 3.76. The molecule has 0 aliphatic heterocycles. The summed E-state index contributed by atoms with van der Waals surface area (Å²) in [4.78, 5) is 0. The lowest BCUT2D eigenvalue weighted by Gasteiger charge is -2.39. The van der Waals surface area contributed by atoms with Crippen molar-refractivity contribution in [2.75, 3.05) is 6.54 Å². The van der Waals surface area contributed by atoms with Crippen molar-refractivity contribution in [1.82, 2.24) is 5.32 Å². The smallest absolute Gasteiger partial charge is 0.00748 e. The van der Waals surface area contributed by atoms with E-state index in [-0.39, 0.29) is 0 Å². The largest absolute Gasteiger partial charge is 0.314 e. The predicted molar refractivity (Wildman–Crippen MR) is 78.7 cm³/mol. The molecule has 2 rings (SSSR count). The van der Waals surface area contributed by atoms with Crippen LogP contribution in [0.1, 0.15) is 45.6 Å². The van der Waals surface area contributed by atoms with Gasteiger partial charge in [0.2, 0.25) is 0 Å². The standard InChI is InChI=1S/C17H27N/c1-14-11-16(13-17(2,3)12-14)18-10-9-15-7-5-4-6-8-15/h4-8,14,16,18H,9-13H2,1-3H3. The monoisotopic (exact) mass is 245 g/mol. The molecule has 1 aliphatic carbocycles. The van der Waals surface area contributed by atoms with E-state index in [1.807, 2.05) is 0 Å². The SMILES string of the molecule is CC1CC(NCCc2ccccc2)CC(C)(C)C1. The fourth-order valence-corrected chi connectivity index (χ4v) is 3.57. The molecule has 1 fully saturated rings. The molecule has 2 unspecified atom stereocenters. The van der Waals surface area contributed by atoms with Crippen molar-refractivity contribution in [2.45, 2.75) is 52.5 Å². The van der Waals surface area contributed by atoms with Crippen LogP contribution in [0.25, 0.3) is 0 Å². The van der Waals surface area contributed by atoms with Gasteiger partial charge in [0.1, 0.15) is 0 Å². The van der Waals surface area contributed by atoms with Crippen LogP contribution in [0.5, 0.6) is 0 Å². The molecule has 18 heavy (non-hydrogen) atoms. The molecule has 1 saturated carbocycles. The fraction of sp³-hybridized carbons (Fsp3) is 0.647. The van der Waals surface area contributed by atoms with E-state index in [0.717, 1.165) is 18.9 Å². The third-order valence-corrected chi connectivity index (χ3v) is 4.08. The summed E-state index contributed by atoms with van der Waals surface area (Å²) in [6.07, 6.45) is 5.19. The van der Waals surface area contributed by atoms with Gasteiger partial charge in [0.15, 0.2) is 0 Å². The Morgan fingerprint density at radius 2 is 1.89 bits per heavy atom. The highest BCUT2D eigenvalue weighted by Gasteiger charge is 2.31. The van der Waals surface area contributed by atoms with Crippen LogP contribution in [0.3, 0.4) is 0 Å². The molecule has 0 spiro atoms. The summed E-state index contributed by atoms with van der Waals surface area (Å²) in [5, 5.41) is 3.76. The van der Waals surface area contributed by atoms with Gasteiger partial charge in [0, 0.05) is 6.04 Å². The normalized spacial score (nSPS) is 27.1. The minimum Gasteiger partial charge on any atom is -0.314 e. The molecule has 1 heteroatoms. The van der Waals surface area contributed by atoms with E-state index in [0.29, 0.717) is 11.5 Å². The molecular weight excluding hydrogens is 218 g/mol. The molecule has 1 aliphatic rings. The van der Waals surface area contributed by atoms with Gasteiger partial charge in [-0.15, -0.1) is 0 Å². The second-order valence-corrected chi connectivity index (χ2v) is 6.80. The first-order valence-corrected chi connectivity index (χ1v) is 7.32. The Balaban J connectivity index is 1.76. The third-order valence-electron chi connectivity index (χ3n) is 4.08. The topological polar surface area (TPSA) is 12.0 Å². The minimum atomic E-state index is 0.516. The van der Waals surface area contributed by atoms with E-state index in [1.54, 1.807) is 0 Å². The molecule has 0 saturated heterocycles. The van der Waals surface area contributed by atoms with Crippen LogP contribution in [0.2, 0.25) is 0 Å². The lowest BCUT2D eigenvalue weighted by molar-refractivity contribution is 0.152. The summed E-state index contributed by atoms with van der Waals surface area (Å²) in [7, 11) is 0. The molecule has 2 atom stereocenters. The maximum atomic E-state index is 3.76. The molecule has 0 bridgehead atoms. The van der Waals surface area contributed by atoms with Crippen molar-refractivity contribution >= 4 is 0 Å². The van der Waals surface area contributed by atoms with Crippen LogP contribution in [-0.2, 0) is 6.42 Å². The number of hydrogen-bond acceptors (Lipinski definition) is 1. The van der Waals surface area contributed by atoms with Gasteiger partial charge in [-0.3, -0.25) is 0 Å². The summed E-state index contributed by atoms with van der Waals surface area (Å²) in [6.45, 7) is 8.33.